The quantitative estimate of drug-likeness (QED) is 0.839. The van der Waals surface area contributed by atoms with Gasteiger partial charge in [0.05, 0.1) is 16.6 Å². The second-order valence-corrected chi connectivity index (χ2v) is 5.86. The van der Waals surface area contributed by atoms with Crippen LogP contribution in [0.1, 0.15) is 23.7 Å². The van der Waals surface area contributed by atoms with Gasteiger partial charge in [0.15, 0.2) is 0 Å². The van der Waals surface area contributed by atoms with Crippen LogP contribution in [-0.4, -0.2) is 47.9 Å². The van der Waals surface area contributed by atoms with Gasteiger partial charge in [-0.3, -0.25) is 9.69 Å². The summed E-state index contributed by atoms with van der Waals surface area (Å²) in [6.45, 7) is 4.56. The molecule has 0 N–H and O–H groups in total. The summed E-state index contributed by atoms with van der Waals surface area (Å²) >= 11 is 3.10. The number of piperazine rings is 1. The average Bonchev–Trinajstić information content (AvgIpc) is 2.51. The molecule has 21 heavy (non-hydrogen) atoms. The Morgan fingerprint density at radius 2 is 2.10 bits per heavy atom. The van der Waals surface area contributed by atoms with Crippen LogP contribution in [0.15, 0.2) is 22.7 Å². The molecule has 0 saturated carbocycles. The SMILES string of the molecule is CCC(C#N)N1CCN(C(=O)c2ccc(F)c(Br)c2)CC1. The van der Waals surface area contributed by atoms with E-state index < -0.39 is 0 Å². The zero-order valence-corrected chi connectivity index (χ0v) is 13.4. The molecule has 1 amide bonds. The standard InChI is InChI=1S/C15H17BrFN3O/c1-2-12(10-18)19-5-7-20(8-6-19)15(21)11-3-4-14(17)13(16)9-11/h3-4,9,12H,2,5-8H2,1H3. The summed E-state index contributed by atoms with van der Waals surface area (Å²) in [4.78, 5) is 16.2. The van der Waals surface area contributed by atoms with Crippen molar-refractivity contribution in [3.63, 3.8) is 0 Å². The molecule has 0 aliphatic carbocycles. The van der Waals surface area contributed by atoms with Crippen molar-refractivity contribution >= 4 is 21.8 Å². The number of benzene rings is 1. The first-order valence-electron chi connectivity index (χ1n) is 6.94. The summed E-state index contributed by atoms with van der Waals surface area (Å²) in [5.41, 5.74) is 0.476. The average molecular weight is 354 g/mol. The van der Waals surface area contributed by atoms with Crippen LogP contribution in [0.5, 0.6) is 0 Å². The molecule has 1 unspecified atom stereocenters. The summed E-state index contributed by atoms with van der Waals surface area (Å²) in [6, 6.07) is 6.50. The lowest BCUT2D eigenvalue weighted by atomic mass is 10.1. The smallest absolute Gasteiger partial charge is 0.253 e. The predicted octanol–water partition coefficient (Wildman–Crippen LogP) is 2.65. The van der Waals surface area contributed by atoms with Crippen molar-refractivity contribution in [2.75, 3.05) is 26.2 Å². The third kappa shape index (κ3) is 3.60. The Morgan fingerprint density at radius 1 is 1.43 bits per heavy atom. The van der Waals surface area contributed by atoms with Gasteiger partial charge >= 0.3 is 0 Å². The van der Waals surface area contributed by atoms with Gasteiger partial charge in [0.2, 0.25) is 0 Å². The summed E-state index contributed by atoms with van der Waals surface area (Å²) < 4.78 is 13.5. The number of carbonyl (C=O) groups excluding carboxylic acids is 1. The molecule has 0 radical (unpaired) electrons. The van der Waals surface area contributed by atoms with E-state index in [0.717, 1.165) is 6.42 Å². The lowest BCUT2D eigenvalue weighted by Crippen LogP contribution is -2.51. The molecule has 1 atom stereocenters. The van der Waals surface area contributed by atoms with Crippen LogP contribution in [0.3, 0.4) is 0 Å². The zero-order valence-electron chi connectivity index (χ0n) is 11.9. The maximum Gasteiger partial charge on any atom is 0.253 e. The van der Waals surface area contributed by atoms with Crippen molar-refractivity contribution in [2.45, 2.75) is 19.4 Å². The van der Waals surface area contributed by atoms with Gasteiger partial charge in [-0.15, -0.1) is 0 Å². The van der Waals surface area contributed by atoms with E-state index >= 15 is 0 Å². The molecular formula is C15H17BrFN3O. The molecule has 0 aromatic heterocycles. The van der Waals surface area contributed by atoms with Gasteiger partial charge in [-0.2, -0.15) is 5.26 Å². The maximum atomic E-state index is 13.2. The van der Waals surface area contributed by atoms with Crippen LogP contribution in [0.4, 0.5) is 4.39 Å². The minimum atomic E-state index is -0.379. The van der Waals surface area contributed by atoms with E-state index in [1.165, 1.54) is 18.2 Å². The highest BCUT2D eigenvalue weighted by molar-refractivity contribution is 9.10. The molecule has 1 heterocycles. The lowest BCUT2D eigenvalue weighted by molar-refractivity contribution is 0.0604. The lowest BCUT2D eigenvalue weighted by Gasteiger charge is -2.36. The first kappa shape index (κ1) is 15.9. The summed E-state index contributed by atoms with van der Waals surface area (Å²) in [6.07, 6.45) is 0.787. The molecule has 1 aliphatic heterocycles. The second kappa shape index (κ2) is 7.01. The Bertz CT molecular complexity index is 565. The van der Waals surface area contributed by atoms with Gasteiger partial charge in [-0.05, 0) is 40.5 Å². The van der Waals surface area contributed by atoms with Gasteiger partial charge in [0.1, 0.15) is 5.82 Å². The highest BCUT2D eigenvalue weighted by Gasteiger charge is 2.25. The van der Waals surface area contributed by atoms with E-state index in [9.17, 15) is 9.18 Å². The Kier molecular flexibility index (Phi) is 5.32. The molecule has 1 saturated heterocycles. The Morgan fingerprint density at radius 3 is 2.62 bits per heavy atom. The zero-order chi connectivity index (χ0) is 15.4. The molecule has 1 aliphatic rings. The maximum absolute atomic E-state index is 13.2. The van der Waals surface area contributed by atoms with Crippen molar-refractivity contribution < 1.29 is 9.18 Å². The van der Waals surface area contributed by atoms with E-state index in [4.69, 9.17) is 5.26 Å². The van der Waals surface area contributed by atoms with Crippen molar-refractivity contribution in [2.24, 2.45) is 0 Å². The number of amides is 1. The van der Waals surface area contributed by atoms with Crippen molar-refractivity contribution in [1.29, 1.82) is 5.26 Å². The number of carbonyl (C=O) groups is 1. The highest BCUT2D eigenvalue weighted by Crippen LogP contribution is 2.19. The third-order valence-corrected chi connectivity index (χ3v) is 4.35. The highest BCUT2D eigenvalue weighted by atomic mass is 79.9. The molecule has 0 bridgehead atoms. The Hall–Kier alpha value is -1.45. The molecule has 1 aromatic rings. The molecule has 4 nitrogen and oxygen atoms in total. The topological polar surface area (TPSA) is 47.3 Å². The van der Waals surface area contributed by atoms with Crippen molar-refractivity contribution in [1.82, 2.24) is 9.80 Å². The Balaban J connectivity index is 2.00. The third-order valence-electron chi connectivity index (χ3n) is 3.74. The van der Waals surface area contributed by atoms with Gasteiger partial charge < -0.3 is 4.90 Å². The largest absolute Gasteiger partial charge is 0.336 e. The molecule has 1 aromatic carbocycles. The predicted molar refractivity (Wildman–Crippen MR) is 81.3 cm³/mol. The van der Waals surface area contributed by atoms with E-state index in [1.54, 1.807) is 4.90 Å². The van der Waals surface area contributed by atoms with E-state index in [1.807, 2.05) is 6.92 Å². The summed E-state index contributed by atoms with van der Waals surface area (Å²) in [5.74, 6) is -0.475. The molecule has 112 valence electrons. The number of nitriles is 1. The van der Waals surface area contributed by atoms with E-state index in [-0.39, 0.29) is 17.8 Å². The number of hydrogen-bond donors (Lipinski definition) is 0. The van der Waals surface area contributed by atoms with Crippen LogP contribution in [-0.2, 0) is 0 Å². The fourth-order valence-electron chi connectivity index (χ4n) is 2.48. The number of rotatable bonds is 3. The normalized spacial score (nSPS) is 17.3. The first-order chi connectivity index (χ1) is 10.1. The fraction of sp³-hybridized carbons (Fsp3) is 0.467. The van der Waals surface area contributed by atoms with Crippen LogP contribution < -0.4 is 0 Å². The molecule has 6 heteroatoms. The second-order valence-electron chi connectivity index (χ2n) is 5.01. The van der Waals surface area contributed by atoms with Crippen LogP contribution in [0.25, 0.3) is 0 Å². The fourth-order valence-corrected chi connectivity index (χ4v) is 2.86. The first-order valence-corrected chi connectivity index (χ1v) is 7.74. The van der Waals surface area contributed by atoms with Gasteiger partial charge in [-0.1, -0.05) is 6.92 Å². The summed E-state index contributed by atoms with van der Waals surface area (Å²) in [5, 5.41) is 9.07. The molecule has 1 fully saturated rings. The number of halogens is 2. The van der Waals surface area contributed by atoms with Crippen molar-refractivity contribution in [3.05, 3.63) is 34.1 Å². The Labute approximate surface area is 132 Å². The molecule has 0 spiro atoms. The van der Waals surface area contributed by atoms with E-state index in [0.29, 0.717) is 36.2 Å². The van der Waals surface area contributed by atoms with Gasteiger partial charge in [-0.25, -0.2) is 4.39 Å². The minimum absolute atomic E-state index is 0.0813. The minimum Gasteiger partial charge on any atom is -0.336 e. The number of nitrogens with zero attached hydrogens (tertiary/aromatic N) is 3. The van der Waals surface area contributed by atoms with Crippen LogP contribution in [0.2, 0.25) is 0 Å². The van der Waals surface area contributed by atoms with Gasteiger partial charge in [0, 0.05) is 31.7 Å². The molecular weight excluding hydrogens is 337 g/mol. The summed E-state index contributed by atoms with van der Waals surface area (Å²) in [7, 11) is 0. The van der Waals surface area contributed by atoms with Crippen LogP contribution in [0, 0.1) is 17.1 Å². The monoisotopic (exact) mass is 353 g/mol. The molecule has 2 rings (SSSR count). The van der Waals surface area contributed by atoms with Crippen molar-refractivity contribution in [3.8, 4) is 6.07 Å². The van der Waals surface area contributed by atoms with Gasteiger partial charge in [0.25, 0.3) is 5.91 Å². The number of hydrogen-bond acceptors (Lipinski definition) is 3. The van der Waals surface area contributed by atoms with Crippen LogP contribution >= 0.6 is 15.9 Å². The van der Waals surface area contributed by atoms with E-state index in [2.05, 4.69) is 26.9 Å².